The van der Waals surface area contributed by atoms with Crippen LogP contribution in [0.5, 0.6) is 0 Å². The number of pyridine rings is 1. The van der Waals surface area contributed by atoms with Crippen LogP contribution in [0.1, 0.15) is 11.3 Å². The number of hydrogen-bond donors (Lipinski definition) is 1. The summed E-state index contributed by atoms with van der Waals surface area (Å²) in [6, 6.07) is 12.7. The molecule has 0 amide bonds. The van der Waals surface area contributed by atoms with Gasteiger partial charge in [0.05, 0.1) is 5.56 Å². The second-order valence-corrected chi connectivity index (χ2v) is 3.45. The Labute approximate surface area is 103 Å². The number of halogens is 1. The minimum Gasteiger partial charge on any atom is -0.340 e. The number of aromatic nitrogens is 1. The Kier molecular flexibility index (Phi) is 3.17. The summed E-state index contributed by atoms with van der Waals surface area (Å²) in [6.07, 6.45) is 0. The van der Waals surface area contributed by atoms with Crippen LogP contribution in [-0.4, -0.2) is 4.98 Å². The Morgan fingerprint density at radius 1 is 1.11 bits per heavy atom. The van der Waals surface area contributed by atoms with Crippen LogP contribution in [-0.2, 0) is 0 Å². The van der Waals surface area contributed by atoms with E-state index in [2.05, 4.69) is 10.3 Å². The summed E-state index contributed by atoms with van der Waals surface area (Å²) in [4.78, 5) is 4.02. The first-order valence-corrected chi connectivity index (χ1v) is 5.07. The predicted octanol–water partition coefficient (Wildman–Crippen LogP) is 2.71. The topological polar surface area (TPSA) is 72.5 Å². The van der Waals surface area contributed by atoms with Crippen molar-refractivity contribution in [2.24, 2.45) is 0 Å². The van der Waals surface area contributed by atoms with Crippen LogP contribution in [0.4, 0.5) is 15.9 Å². The molecule has 0 atom stereocenters. The van der Waals surface area contributed by atoms with Crippen LogP contribution < -0.4 is 5.32 Å². The molecule has 0 spiro atoms. The monoisotopic (exact) mass is 238 g/mol. The zero-order chi connectivity index (χ0) is 13.0. The Bertz CT molecular complexity index is 667. The summed E-state index contributed by atoms with van der Waals surface area (Å²) in [5.41, 5.74) is 0.773. The van der Waals surface area contributed by atoms with Gasteiger partial charge < -0.3 is 5.32 Å². The highest BCUT2D eigenvalue weighted by Crippen LogP contribution is 2.18. The maximum atomic E-state index is 13.1. The van der Waals surface area contributed by atoms with Gasteiger partial charge in [0.15, 0.2) is 0 Å². The fourth-order valence-electron chi connectivity index (χ4n) is 1.40. The van der Waals surface area contributed by atoms with Crippen LogP contribution in [0.25, 0.3) is 0 Å². The minimum atomic E-state index is -0.568. The third kappa shape index (κ3) is 2.42. The molecule has 1 aromatic carbocycles. The van der Waals surface area contributed by atoms with Gasteiger partial charge in [-0.2, -0.15) is 10.5 Å². The minimum absolute atomic E-state index is 0.0450. The molecule has 0 bridgehead atoms. The van der Waals surface area contributed by atoms with Crippen molar-refractivity contribution in [3.05, 3.63) is 53.5 Å². The number of hydrogen-bond acceptors (Lipinski definition) is 4. The third-order valence-corrected chi connectivity index (χ3v) is 2.22. The van der Waals surface area contributed by atoms with Gasteiger partial charge in [0.25, 0.3) is 0 Å². The molecular formula is C13H7FN4. The Morgan fingerprint density at radius 2 is 1.94 bits per heavy atom. The van der Waals surface area contributed by atoms with E-state index in [4.69, 9.17) is 10.5 Å². The van der Waals surface area contributed by atoms with Crippen molar-refractivity contribution in [1.82, 2.24) is 4.98 Å². The zero-order valence-electron chi connectivity index (χ0n) is 9.18. The molecule has 0 aliphatic carbocycles. The smallest absolute Gasteiger partial charge is 0.142 e. The summed E-state index contributed by atoms with van der Waals surface area (Å²) in [5, 5.41) is 20.3. The van der Waals surface area contributed by atoms with Gasteiger partial charge in [-0.3, -0.25) is 0 Å². The zero-order valence-corrected chi connectivity index (χ0v) is 9.18. The first-order valence-electron chi connectivity index (χ1n) is 5.07. The predicted molar refractivity (Wildman–Crippen MR) is 63.3 cm³/mol. The standard InChI is InChI=1S/C13H7FN4/c14-12-5-4-10(6-9(12)7-15)17-13-3-1-2-11(8-16)18-13/h1-6H,(H,17,18). The van der Waals surface area contributed by atoms with Crippen LogP contribution in [0.2, 0.25) is 0 Å². The van der Waals surface area contributed by atoms with E-state index >= 15 is 0 Å². The molecule has 1 heterocycles. The number of benzene rings is 1. The molecule has 0 fully saturated rings. The van der Waals surface area contributed by atoms with E-state index in [0.29, 0.717) is 11.5 Å². The van der Waals surface area contributed by atoms with E-state index in [0.717, 1.165) is 0 Å². The Morgan fingerprint density at radius 3 is 2.67 bits per heavy atom. The van der Waals surface area contributed by atoms with Crippen molar-refractivity contribution in [3.8, 4) is 12.1 Å². The van der Waals surface area contributed by atoms with E-state index in [9.17, 15) is 4.39 Å². The van der Waals surface area contributed by atoms with Crippen LogP contribution in [0.3, 0.4) is 0 Å². The first-order chi connectivity index (χ1) is 8.72. The molecule has 2 aromatic rings. The van der Waals surface area contributed by atoms with E-state index < -0.39 is 5.82 Å². The second-order valence-electron chi connectivity index (χ2n) is 3.45. The first kappa shape index (κ1) is 11.6. The molecule has 5 heteroatoms. The number of anilines is 2. The lowest BCUT2D eigenvalue weighted by Crippen LogP contribution is -1.96. The van der Waals surface area contributed by atoms with E-state index in [1.54, 1.807) is 24.3 Å². The third-order valence-electron chi connectivity index (χ3n) is 2.22. The highest BCUT2D eigenvalue weighted by Gasteiger charge is 2.03. The van der Waals surface area contributed by atoms with Crippen LogP contribution >= 0.6 is 0 Å². The van der Waals surface area contributed by atoms with Gasteiger partial charge in [0.2, 0.25) is 0 Å². The molecule has 1 N–H and O–H groups in total. The van der Waals surface area contributed by atoms with Crippen molar-refractivity contribution in [3.63, 3.8) is 0 Å². The molecule has 0 saturated carbocycles. The summed E-state index contributed by atoms with van der Waals surface area (Å²) in [7, 11) is 0. The highest BCUT2D eigenvalue weighted by molar-refractivity contribution is 5.59. The van der Waals surface area contributed by atoms with Gasteiger partial charge in [0.1, 0.15) is 29.5 Å². The molecule has 0 aliphatic rings. The van der Waals surface area contributed by atoms with Crippen LogP contribution in [0.15, 0.2) is 36.4 Å². The van der Waals surface area contributed by atoms with Gasteiger partial charge in [-0.1, -0.05) is 6.07 Å². The Hall–Kier alpha value is -2.92. The average molecular weight is 238 g/mol. The molecule has 0 radical (unpaired) electrons. The van der Waals surface area contributed by atoms with Gasteiger partial charge in [-0.05, 0) is 30.3 Å². The quantitative estimate of drug-likeness (QED) is 0.872. The highest BCUT2D eigenvalue weighted by atomic mass is 19.1. The maximum absolute atomic E-state index is 13.1. The SMILES string of the molecule is N#Cc1cccc(Nc2ccc(F)c(C#N)c2)n1. The number of nitriles is 2. The largest absolute Gasteiger partial charge is 0.340 e. The Balaban J connectivity index is 2.29. The van der Waals surface area contributed by atoms with Crippen molar-refractivity contribution in [2.75, 3.05) is 5.32 Å². The fourth-order valence-corrected chi connectivity index (χ4v) is 1.40. The molecule has 86 valence electrons. The lowest BCUT2D eigenvalue weighted by Gasteiger charge is -2.06. The molecule has 18 heavy (non-hydrogen) atoms. The molecule has 0 saturated heterocycles. The number of nitrogens with zero attached hydrogens (tertiary/aromatic N) is 3. The summed E-state index contributed by atoms with van der Waals surface area (Å²) in [5.74, 6) is -0.105. The van der Waals surface area contributed by atoms with Crippen molar-refractivity contribution in [2.45, 2.75) is 0 Å². The van der Waals surface area contributed by atoms with Crippen molar-refractivity contribution < 1.29 is 4.39 Å². The number of rotatable bonds is 2. The van der Waals surface area contributed by atoms with Gasteiger partial charge in [0, 0.05) is 5.69 Å². The second kappa shape index (κ2) is 4.94. The fraction of sp³-hybridized carbons (Fsp3) is 0. The van der Waals surface area contributed by atoms with Gasteiger partial charge in [-0.25, -0.2) is 9.37 Å². The maximum Gasteiger partial charge on any atom is 0.142 e. The molecule has 4 nitrogen and oxygen atoms in total. The molecule has 1 aromatic heterocycles. The normalized spacial score (nSPS) is 9.28. The molecular weight excluding hydrogens is 231 g/mol. The lowest BCUT2D eigenvalue weighted by atomic mass is 10.2. The van der Waals surface area contributed by atoms with Crippen molar-refractivity contribution >= 4 is 11.5 Å². The summed E-state index contributed by atoms with van der Waals surface area (Å²) in [6.45, 7) is 0. The van der Waals surface area contributed by atoms with Crippen molar-refractivity contribution in [1.29, 1.82) is 10.5 Å². The van der Waals surface area contributed by atoms with E-state index in [1.807, 2.05) is 6.07 Å². The average Bonchev–Trinajstić information content (AvgIpc) is 2.41. The number of nitrogens with one attached hydrogen (secondary N) is 1. The van der Waals surface area contributed by atoms with Gasteiger partial charge in [-0.15, -0.1) is 0 Å². The molecule has 0 unspecified atom stereocenters. The van der Waals surface area contributed by atoms with Crippen LogP contribution in [0, 0.1) is 28.5 Å². The summed E-state index contributed by atoms with van der Waals surface area (Å²) < 4.78 is 13.1. The molecule has 0 aliphatic heterocycles. The summed E-state index contributed by atoms with van der Waals surface area (Å²) >= 11 is 0. The van der Waals surface area contributed by atoms with E-state index in [-0.39, 0.29) is 11.3 Å². The lowest BCUT2D eigenvalue weighted by molar-refractivity contribution is 0.624. The van der Waals surface area contributed by atoms with Gasteiger partial charge >= 0.3 is 0 Å². The van der Waals surface area contributed by atoms with E-state index in [1.165, 1.54) is 18.2 Å². The molecule has 2 rings (SSSR count).